The number of carbonyl (C=O) groups excluding carboxylic acids is 2. The van der Waals surface area contributed by atoms with Crippen LogP contribution in [0.25, 0.3) is 0 Å². The Balaban J connectivity index is 3.17. The number of hydrogen-bond acceptors (Lipinski definition) is 10. The smallest absolute Gasteiger partial charge is 0.248 e. The molecule has 1 aliphatic rings. The Morgan fingerprint density at radius 2 is 1.84 bits per heavy atom. The minimum absolute atomic E-state index is 0.119. The Morgan fingerprint density at radius 1 is 1.24 bits per heavy atom. The third kappa shape index (κ3) is 9.33. The molecule has 15 heteroatoms. The van der Waals surface area contributed by atoms with Crippen LogP contribution in [0.2, 0.25) is 0 Å². The number of allylic oxidation sites excluding steroid dienone is 2. The normalized spacial score (nSPS) is 19.2. The second kappa shape index (κ2) is 14.1. The van der Waals surface area contributed by atoms with Crippen LogP contribution in [-0.4, -0.2) is 72.0 Å². The lowest BCUT2D eigenvalue weighted by Crippen LogP contribution is -2.57. The topological polar surface area (TPSA) is 210 Å². The minimum Gasteiger partial charge on any atom is -0.481 e. The Kier molecular flexibility index (Phi) is 11.9. The van der Waals surface area contributed by atoms with Gasteiger partial charge in [0.1, 0.15) is 17.8 Å². The van der Waals surface area contributed by atoms with Gasteiger partial charge in [-0.2, -0.15) is 4.39 Å². The van der Waals surface area contributed by atoms with Crippen molar-refractivity contribution in [3.8, 4) is 0 Å². The number of methoxy groups -OCH3 is 1. The van der Waals surface area contributed by atoms with Gasteiger partial charge in [-0.3, -0.25) is 20.4 Å². The van der Waals surface area contributed by atoms with Crippen molar-refractivity contribution < 1.29 is 32.7 Å². The fourth-order valence-corrected chi connectivity index (χ4v) is 3.58. The molecular formula is C22H33F3N8O4. The molecule has 0 spiro atoms. The van der Waals surface area contributed by atoms with Crippen molar-refractivity contribution in [3.05, 3.63) is 23.5 Å². The van der Waals surface area contributed by atoms with E-state index in [1.165, 1.54) is 20.1 Å². The van der Waals surface area contributed by atoms with Crippen LogP contribution in [0, 0.1) is 22.1 Å². The van der Waals surface area contributed by atoms with Crippen LogP contribution >= 0.6 is 0 Å². The lowest BCUT2D eigenvalue weighted by molar-refractivity contribution is -0.131. The zero-order chi connectivity index (χ0) is 28.3. The highest BCUT2D eigenvalue weighted by molar-refractivity contribution is 6.08. The number of alkyl halides is 2. The molecule has 12 nitrogen and oxygen atoms in total. The molecule has 0 heterocycles. The predicted molar refractivity (Wildman–Crippen MR) is 131 cm³/mol. The fourth-order valence-electron chi connectivity index (χ4n) is 3.58. The first-order valence-electron chi connectivity index (χ1n) is 11.2. The fraction of sp³-hybridized carbons (Fsp3) is 0.545. The highest BCUT2D eigenvalue weighted by Crippen LogP contribution is 2.37. The lowest BCUT2D eigenvalue weighted by atomic mass is 9.81. The van der Waals surface area contributed by atoms with Gasteiger partial charge in [0.05, 0.1) is 18.9 Å². The van der Waals surface area contributed by atoms with Crippen LogP contribution in [0.1, 0.15) is 39.5 Å². The Hall–Kier alpha value is -3.75. The van der Waals surface area contributed by atoms with Gasteiger partial charge in [0, 0.05) is 30.8 Å². The molecule has 206 valence electrons. The maximum absolute atomic E-state index is 14.0. The molecule has 1 aliphatic carbocycles. The number of hydrogen-bond donors (Lipinski definition) is 8. The van der Waals surface area contributed by atoms with Crippen molar-refractivity contribution in [2.75, 3.05) is 7.11 Å². The highest BCUT2D eigenvalue weighted by atomic mass is 19.3. The number of nitrogens with zero attached hydrogens (tertiary/aromatic N) is 1. The van der Waals surface area contributed by atoms with Crippen LogP contribution in [-0.2, 0) is 14.3 Å². The summed E-state index contributed by atoms with van der Waals surface area (Å²) in [4.78, 5) is 25.6. The van der Waals surface area contributed by atoms with Crippen molar-refractivity contribution in [1.82, 2.24) is 16.0 Å². The zero-order valence-electron chi connectivity index (χ0n) is 20.7. The maximum Gasteiger partial charge on any atom is 0.248 e. The van der Waals surface area contributed by atoms with Gasteiger partial charge in [-0.05, 0) is 38.7 Å². The Morgan fingerprint density at radius 3 is 2.32 bits per heavy atom. The number of amides is 2. The summed E-state index contributed by atoms with van der Waals surface area (Å²) in [7, 11) is 1.25. The number of oxime groups is 1. The van der Waals surface area contributed by atoms with E-state index in [4.69, 9.17) is 31.9 Å². The van der Waals surface area contributed by atoms with E-state index in [0.717, 1.165) is 12.4 Å². The summed E-state index contributed by atoms with van der Waals surface area (Å²) >= 11 is 0. The summed E-state index contributed by atoms with van der Waals surface area (Å²) in [5.74, 6) is -7.37. The first-order chi connectivity index (χ1) is 17.3. The van der Waals surface area contributed by atoms with E-state index in [0.29, 0.717) is 0 Å². The van der Waals surface area contributed by atoms with Gasteiger partial charge < -0.3 is 37.0 Å². The first-order valence-corrected chi connectivity index (χ1v) is 11.2. The van der Waals surface area contributed by atoms with Gasteiger partial charge in [0.15, 0.2) is 0 Å². The molecule has 37 heavy (non-hydrogen) atoms. The molecule has 3 atom stereocenters. The summed E-state index contributed by atoms with van der Waals surface area (Å²) in [6, 6.07) is -3.55. The second-order valence-corrected chi connectivity index (χ2v) is 8.47. The quantitative estimate of drug-likeness (QED) is 0.0811. The number of rotatable bonds is 12. The summed E-state index contributed by atoms with van der Waals surface area (Å²) in [5.41, 5.74) is 5.12. The van der Waals surface area contributed by atoms with Crippen molar-refractivity contribution >= 4 is 35.6 Å². The molecule has 0 aromatic rings. The second-order valence-electron chi connectivity index (χ2n) is 8.47. The van der Waals surface area contributed by atoms with Gasteiger partial charge in [-0.25, -0.2) is 8.78 Å². The molecule has 3 unspecified atom stereocenters. The molecule has 0 bridgehead atoms. The van der Waals surface area contributed by atoms with Crippen LogP contribution in [0.15, 0.2) is 28.7 Å². The predicted octanol–water partition coefficient (Wildman–Crippen LogP) is 1.56. The van der Waals surface area contributed by atoms with Crippen LogP contribution in [0.3, 0.4) is 0 Å². The zero-order valence-corrected chi connectivity index (χ0v) is 20.7. The largest absolute Gasteiger partial charge is 0.481 e. The van der Waals surface area contributed by atoms with Crippen LogP contribution in [0.5, 0.6) is 0 Å². The summed E-state index contributed by atoms with van der Waals surface area (Å²) in [6.45, 7) is 2.82. The van der Waals surface area contributed by atoms with Crippen molar-refractivity contribution in [1.29, 1.82) is 16.2 Å². The summed E-state index contributed by atoms with van der Waals surface area (Å²) in [5, 5.41) is 41.3. The Bertz CT molecular complexity index is 973. The van der Waals surface area contributed by atoms with Gasteiger partial charge in [0.2, 0.25) is 29.6 Å². The number of carbonyl (C=O) groups is 2. The van der Waals surface area contributed by atoms with E-state index in [2.05, 4.69) is 21.1 Å². The summed E-state index contributed by atoms with van der Waals surface area (Å²) in [6.07, 6.45) is 1.86. The highest BCUT2D eigenvalue weighted by Gasteiger charge is 2.41. The molecule has 0 aliphatic heterocycles. The van der Waals surface area contributed by atoms with Crippen LogP contribution in [0.4, 0.5) is 13.2 Å². The molecule has 0 aromatic heterocycles. The molecule has 0 radical (unpaired) electrons. The van der Waals surface area contributed by atoms with E-state index < -0.39 is 66.3 Å². The van der Waals surface area contributed by atoms with Crippen molar-refractivity contribution in [3.63, 3.8) is 0 Å². The van der Waals surface area contributed by atoms with E-state index in [-0.39, 0.29) is 30.0 Å². The third-order valence-corrected chi connectivity index (χ3v) is 5.87. The molecule has 0 aromatic carbocycles. The lowest BCUT2D eigenvalue weighted by Gasteiger charge is -2.34. The Labute approximate surface area is 212 Å². The molecular weight excluding hydrogens is 497 g/mol. The molecule has 1 rings (SSSR count). The number of halogens is 3. The average molecular weight is 531 g/mol. The monoisotopic (exact) mass is 530 g/mol. The maximum atomic E-state index is 14.0. The number of ether oxygens (including phenoxy) is 1. The average Bonchev–Trinajstić information content (AvgIpc) is 2.86. The third-order valence-electron chi connectivity index (χ3n) is 5.87. The molecule has 2 amide bonds. The SMILES string of the molecule is COC(=N)/C(=C\C=N)C(C)N/C=C(/NC(=O)C(NC(=O)C(N)/C(C)=N\O)C1CCC(F)(F)CC1)C(=N)F. The van der Waals surface area contributed by atoms with E-state index in [1.54, 1.807) is 6.92 Å². The van der Waals surface area contributed by atoms with E-state index in [9.17, 15) is 22.8 Å². The van der Waals surface area contributed by atoms with Gasteiger partial charge in [0.25, 0.3) is 0 Å². The number of nitrogens with two attached hydrogens (primary N) is 1. The van der Waals surface area contributed by atoms with Gasteiger partial charge >= 0.3 is 0 Å². The van der Waals surface area contributed by atoms with Crippen LogP contribution < -0.4 is 21.7 Å². The van der Waals surface area contributed by atoms with Gasteiger partial charge in [-0.1, -0.05) is 5.16 Å². The first kappa shape index (κ1) is 31.3. The summed E-state index contributed by atoms with van der Waals surface area (Å²) < 4.78 is 46.2. The van der Waals surface area contributed by atoms with Crippen molar-refractivity contribution in [2.24, 2.45) is 16.8 Å². The number of nitrogens with one attached hydrogen (secondary N) is 6. The molecule has 0 saturated heterocycles. The molecule has 1 saturated carbocycles. The van der Waals surface area contributed by atoms with Gasteiger partial charge in [-0.15, -0.1) is 0 Å². The van der Waals surface area contributed by atoms with E-state index >= 15 is 0 Å². The molecule has 9 N–H and O–H groups in total. The molecule has 1 fully saturated rings. The van der Waals surface area contributed by atoms with E-state index in [1.807, 2.05) is 0 Å². The van der Waals surface area contributed by atoms with Crippen molar-refractivity contribution in [2.45, 2.75) is 63.6 Å². The minimum atomic E-state index is -2.91. The standard InChI is InChI=1S/C22H33F3N8O4/c1-11(14(6-9-26)19(29)37-3)30-10-15(18(23)28)31-21(35)17(13-4-7-22(24,25)8-5-13)32-20(34)16(27)12(2)33-36/h6,9-11,13,16-17,26,28-30,36H,4-5,7-8,27H2,1-3H3,(H,31,35)(H,32,34)/b14-6-,15-10+,26-9?,28-18?,29-19?,33-12-.